The van der Waals surface area contributed by atoms with E-state index in [4.69, 9.17) is 9.47 Å². The number of ether oxygens (including phenoxy) is 2. The van der Waals surface area contributed by atoms with Gasteiger partial charge in [0.15, 0.2) is 16.6 Å². The van der Waals surface area contributed by atoms with Gasteiger partial charge < -0.3 is 14.8 Å². The number of urea groups is 1. The largest absolute Gasteiger partial charge is 0.454 e. The Morgan fingerprint density at radius 3 is 2.93 bits per heavy atom. The summed E-state index contributed by atoms with van der Waals surface area (Å²) < 4.78 is 36.1. The molecule has 11 heteroatoms. The highest BCUT2D eigenvalue weighted by Gasteiger charge is 2.28. The lowest BCUT2D eigenvalue weighted by molar-refractivity contribution is 0.174. The Morgan fingerprint density at radius 1 is 1.30 bits per heavy atom. The van der Waals surface area contributed by atoms with Crippen LogP contribution in [0, 0.1) is 0 Å². The minimum Gasteiger partial charge on any atom is -0.454 e. The van der Waals surface area contributed by atoms with E-state index in [9.17, 15) is 13.2 Å². The van der Waals surface area contributed by atoms with E-state index in [1.54, 1.807) is 25.1 Å². The number of hydrogen-bond donors (Lipinski definition) is 2. The van der Waals surface area contributed by atoms with Crippen LogP contribution in [0.25, 0.3) is 0 Å². The number of thiazole rings is 1. The highest BCUT2D eigenvalue weighted by molar-refractivity contribution is 7.89. The maximum absolute atomic E-state index is 12.2. The van der Waals surface area contributed by atoms with Crippen molar-refractivity contribution in [3.8, 4) is 11.5 Å². The molecular weight excluding hydrogens is 392 g/mol. The molecule has 4 rings (SSSR count). The van der Waals surface area contributed by atoms with Gasteiger partial charge in [-0.05, 0) is 19.1 Å². The Labute approximate surface area is 160 Å². The lowest BCUT2D eigenvalue weighted by Gasteiger charge is -2.24. The molecule has 3 heterocycles. The average molecular weight is 410 g/mol. The fourth-order valence-corrected chi connectivity index (χ4v) is 5.04. The lowest BCUT2D eigenvalue weighted by atomic mass is 10.2. The van der Waals surface area contributed by atoms with Gasteiger partial charge in [0.2, 0.25) is 16.8 Å². The van der Waals surface area contributed by atoms with Crippen molar-refractivity contribution >= 4 is 38.2 Å². The molecule has 2 amide bonds. The van der Waals surface area contributed by atoms with Crippen LogP contribution < -0.4 is 20.1 Å². The number of aromatic nitrogens is 1. The first-order valence-electron chi connectivity index (χ1n) is 8.38. The van der Waals surface area contributed by atoms with Crippen LogP contribution in [0.5, 0.6) is 11.5 Å². The first-order valence-corrected chi connectivity index (χ1v) is 10.8. The van der Waals surface area contributed by atoms with E-state index in [0.29, 0.717) is 41.8 Å². The molecule has 1 aromatic heterocycles. The first-order chi connectivity index (χ1) is 12.9. The van der Waals surface area contributed by atoms with Crippen LogP contribution in [-0.4, -0.2) is 42.8 Å². The first kappa shape index (κ1) is 18.0. The molecule has 2 aromatic rings. The van der Waals surface area contributed by atoms with E-state index >= 15 is 0 Å². The molecule has 27 heavy (non-hydrogen) atoms. The van der Waals surface area contributed by atoms with Crippen LogP contribution >= 0.6 is 11.3 Å². The minimum absolute atomic E-state index is 0.0736. The number of anilines is 2. The quantitative estimate of drug-likeness (QED) is 0.800. The van der Waals surface area contributed by atoms with Gasteiger partial charge in [0.1, 0.15) is 0 Å². The average Bonchev–Trinajstić information content (AvgIpc) is 3.26. The zero-order valence-corrected chi connectivity index (χ0v) is 16.2. The molecule has 0 aliphatic carbocycles. The third-order valence-corrected chi connectivity index (χ3v) is 7.13. The fourth-order valence-electron chi connectivity index (χ4n) is 2.88. The molecule has 0 unspecified atom stereocenters. The summed E-state index contributed by atoms with van der Waals surface area (Å²) in [6, 6.07) is 4.69. The van der Waals surface area contributed by atoms with Crippen molar-refractivity contribution in [3.05, 3.63) is 28.8 Å². The van der Waals surface area contributed by atoms with Crippen LogP contribution in [0.2, 0.25) is 0 Å². The summed E-state index contributed by atoms with van der Waals surface area (Å²) in [6.07, 6.45) is 0.538. The van der Waals surface area contributed by atoms with E-state index in [0.717, 1.165) is 10.6 Å². The van der Waals surface area contributed by atoms with Gasteiger partial charge in [-0.25, -0.2) is 18.2 Å². The molecule has 144 valence electrons. The van der Waals surface area contributed by atoms with Gasteiger partial charge in [-0.2, -0.15) is 4.31 Å². The van der Waals surface area contributed by atoms with E-state index < -0.39 is 16.1 Å². The second-order valence-corrected chi connectivity index (χ2v) is 9.36. The molecular formula is C16H18N4O5S2. The van der Waals surface area contributed by atoms with E-state index in [2.05, 4.69) is 15.6 Å². The number of carbonyl (C=O) groups excluding carboxylic acids is 1. The number of hydrogen-bond acceptors (Lipinski definition) is 7. The van der Waals surface area contributed by atoms with Gasteiger partial charge in [-0.3, -0.25) is 5.32 Å². The van der Waals surface area contributed by atoms with Crippen LogP contribution in [0.3, 0.4) is 0 Å². The van der Waals surface area contributed by atoms with Crippen molar-refractivity contribution < 1.29 is 22.7 Å². The third kappa shape index (κ3) is 3.70. The molecule has 0 saturated carbocycles. The molecule has 0 fully saturated rings. The van der Waals surface area contributed by atoms with Crippen molar-refractivity contribution in [3.63, 3.8) is 0 Å². The third-order valence-electron chi connectivity index (χ3n) is 4.31. The van der Waals surface area contributed by atoms with Crippen LogP contribution in [0.1, 0.15) is 17.5 Å². The zero-order chi connectivity index (χ0) is 19.0. The van der Waals surface area contributed by atoms with Gasteiger partial charge in [-0.15, -0.1) is 0 Å². The lowest BCUT2D eigenvalue weighted by Crippen LogP contribution is -2.36. The van der Waals surface area contributed by atoms with Crippen molar-refractivity contribution in [2.45, 2.75) is 19.9 Å². The van der Waals surface area contributed by atoms with Gasteiger partial charge in [-0.1, -0.05) is 11.3 Å². The number of benzene rings is 1. The Morgan fingerprint density at radius 2 is 2.11 bits per heavy atom. The Balaban J connectivity index is 1.41. The van der Waals surface area contributed by atoms with Crippen molar-refractivity contribution in [2.24, 2.45) is 0 Å². The molecule has 9 nitrogen and oxygen atoms in total. The van der Waals surface area contributed by atoms with Gasteiger partial charge in [0.25, 0.3) is 0 Å². The number of carbonyl (C=O) groups is 1. The smallest absolute Gasteiger partial charge is 0.325 e. The molecule has 0 bridgehead atoms. The van der Waals surface area contributed by atoms with E-state index in [1.807, 2.05) is 0 Å². The number of fused-ring (bicyclic) bond motifs is 2. The maximum atomic E-state index is 12.2. The Hall–Kier alpha value is -2.37. The summed E-state index contributed by atoms with van der Waals surface area (Å²) in [5, 5.41) is 5.86. The number of nitrogens with zero attached hydrogens (tertiary/aromatic N) is 2. The van der Waals surface area contributed by atoms with Gasteiger partial charge in [0, 0.05) is 36.1 Å². The molecule has 0 radical (unpaired) electrons. The van der Waals surface area contributed by atoms with Crippen molar-refractivity contribution in [1.29, 1.82) is 0 Å². The summed E-state index contributed by atoms with van der Waals surface area (Å²) in [5.41, 5.74) is 1.40. The Bertz CT molecular complexity index is 989. The molecule has 2 N–H and O–H groups in total. The second kappa shape index (κ2) is 6.98. The topological polar surface area (TPSA) is 110 Å². The van der Waals surface area contributed by atoms with Crippen LogP contribution in [0.15, 0.2) is 18.2 Å². The summed E-state index contributed by atoms with van der Waals surface area (Å²) in [7, 11) is -3.23. The minimum atomic E-state index is -3.23. The summed E-state index contributed by atoms with van der Waals surface area (Å²) >= 11 is 1.29. The highest BCUT2D eigenvalue weighted by Crippen LogP contribution is 2.34. The number of sulfonamides is 1. The van der Waals surface area contributed by atoms with Gasteiger partial charge >= 0.3 is 6.03 Å². The molecule has 0 saturated heterocycles. The number of rotatable bonds is 4. The molecule has 2 aliphatic rings. The molecule has 0 spiro atoms. The summed E-state index contributed by atoms with van der Waals surface area (Å²) in [4.78, 5) is 17.5. The summed E-state index contributed by atoms with van der Waals surface area (Å²) in [6.45, 7) is 2.51. The predicted octanol–water partition coefficient (Wildman–Crippen LogP) is 2.22. The normalized spacial score (nSPS) is 16.0. The highest BCUT2D eigenvalue weighted by atomic mass is 32.2. The van der Waals surface area contributed by atoms with Crippen molar-refractivity contribution in [1.82, 2.24) is 9.29 Å². The SMILES string of the molecule is CCS(=O)(=O)N1CCc2nc(NC(=O)Nc3ccc4c(c3)OCO4)sc2C1. The predicted molar refractivity (Wildman–Crippen MR) is 101 cm³/mol. The second-order valence-electron chi connectivity index (χ2n) is 6.02. The van der Waals surface area contributed by atoms with E-state index in [1.165, 1.54) is 15.6 Å². The fraction of sp³-hybridized carbons (Fsp3) is 0.375. The van der Waals surface area contributed by atoms with E-state index in [-0.39, 0.29) is 12.5 Å². The molecule has 2 aliphatic heterocycles. The van der Waals surface area contributed by atoms with Crippen molar-refractivity contribution in [2.75, 3.05) is 29.7 Å². The summed E-state index contributed by atoms with van der Waals surface area (Å²) in [5.74, 6) is 1.29. The maximum Gasteiger partial charge on any atom is 0.325 e. The monoisotopic (exact) mass is 410 g/mol. The zero-order valence-electron chi connectivity index (χ0n) is 14.5. The van der Waals surface area contributed by atoms with Crippen LogP contribution in [-0.2, 0) is 23.0 Å². The standard InChI is InChI=1S/C16H18N4O5S2/c1-2-27(22,23)20-6-5-11-14(8-20)26-16(18-11)19-15(21)17-10-3-4-12-13(7-10)25-9-24-12/h3-4,7H,2,5-6,8-9H2,1H3,(H2,17,18,19,21). The van der Waals surface area contributed by atoms with Gasteiger partial charge in [0.05, 0.1) is 11.4 Å². The molecule has 1 aromatic carbocycles. The number of amides is 2. The van der Waals surface area contributed by atoms with Crippen LogP contribution in [0.4, 0.5) is 15.6 Å². The number of nitrogens with one attached hydrogen (secondary N) is 2. The Kier molecular flexibility index (Phi) is 4.66. The molecule has 0 atom stereocenters.